The summed E-state index contributed by atoms with van der Waals surface area (Å²) in [6.07, 6.45) is 3.96. The van der Waals surface area contributed by atoms with Gasteiger partial charge >= 0.3 is 0 Å². The van der Waals surface area contributed by atoms with Crippen molar-refractivity contribution in [2.75, 3.05) is 11.9 Å². The molecular formula is C21H25Cl2NO3. The predicted octanol–water partition coefficient (Wildman–Crippen LogP) is 6.36. The van der Waals surface area contributed by atoms with Gasteiger partial charge in [0.05, 0.1) is 11.6 Å². The summed E-state index contributed by atoms with van der Waals surface area (Å²) in [5, 5.41) is 3.69. The molecule has 0 heterocycles. The Kier molecular flexibility index (Phi) is 8.76. The van der Waals surface area contributed by atoms with E-state index in [9.17, 15) is 4.79 Å². The Labute approximate surface area is 170 Å². The topological polar surface area (TPSA) is 47.6 Å². The Balaban J connectivity index is 1.82. The first-order chi connectivity index (χ1) is 13.0. The first kappa shape index (κ1) is 21.4. The number of anilines is 1. The molecule has 0 aliphatic carbocycles. The molecule has 0 spiro atoms. The quantitative estimate of drug-likeness (QED) is 0.464. The molecule has 2 aromatic carbocycles. The van der Waals surface area contributed by atoms with E-state index >= 15 is 0 Å². The largest absolute Gasteiger partial charge is 0.494 e. The van der Waals surface area contributed by atoms with Crippen LogP contribution in [0, 0.1) is 0 Å². The molecule has 0 fully saturated rings. The maximum atomic E-state index is 12.3. The molecule has 146 valence electrons. The second-order valence-corrected chi connectivity index (χ2v) is 7.10. The molecule has 0 radical (unpaired) electrons. The van der Waals surface area contributed by atoms with E-state index in [4.69, 9.17) is 32.7 Å². The lowest BCUT2D eigenvalue weighted by Crippen LogP contribution is -2.30. The Morgan fingerprint density at radius 3 is 2.48 bits per heavy atom. The van der Waals surface area contributed by atoms with Gasteiger partial charge in [-0.2, -0.15) is 0 Å². The van der Waals surface area contributed by atoms with Crippen LogP contribution < -0.4 is 14.8 Å². The second kappa shape index (κ2) is 11.1. The van der Waals surface area contributed by atoms with Crippen molar-refractivity contribution in [3.05, 3.63) is 52.5 Å². The second-order valence-electron chi connectivity index (χ2n) is 6.26. The summed E-state index contributed by atoms with van der Waals surface area (Å²) in [4.78, 5) is 12.3. The summed E-state index contributed by atoms with van der Waals surface area (Å²) in [6.45, 7) is 4.55. The molecule has 4 nitrogen and oxygen atoms in total. The zero-order valence-corrected chi connectivity index (χ0v) is 17.1. The maximum absolute atomic E-state index is 12.3. The van der Waals surface area contributed by atoms with Crippen molar-refractivity contribution in [2.24, 2.45) is 0 Å². The summed E-state index contributed by atoms with van der Waals surface area (Å²) in [6, 6.07) is 12.2. The van der Waals surface area contributed by atoms with Crippen LogP contribution in [0.3, 0.4) is 0 Å². The fourth-order valence-electron chi connectivity index (χ4n) is 2.41. The van der Waals surface area contributed by atoms with Crippen molar-refractivity contribution in [2.45, 2.75) is 45.6 Å². The highest BCUT2D eigenvalue weighted by Crippen LogP contribution is 2.28. The Bertz CT molecular complexity index is 735. The zero-order chi connectivity index (χ0) is 19.6. The molecule has 27 heavy (non-hydrogen) atoms. The third-order valence-electron chi connectivity index (χ3n) is 3.96. The number of benzene rings is 2. The number of rotatable bonds is 10. The van der Waals surface area contributed by atoms with Crippen molar-refractivity contribution in [3.8, 4) is 11.5 Å². The third kappa shape index (κ3) is 7.31. The monoisotopic (exact) mass is 409 g/mol. The first-order valence-electron chi connectivity index (χ1n) is 9.15. The zero-order valence-electron chi connectivity index (χ0n) is 15.6. The third-order valence-corrected chi connectivity index (χ3v) is 4.49. The molecule has 6 heteroatoms. The highest BCUT2D eigenvalue weighted by Gasteiger charge is 2.16. The molecule has 0 saturated heterocycles. The van der Waals surface area contributed by atoms with Crippen LogP contribution in [0.2, 0.25) is 10.0 Å². The van der Waals surface area contributed by atoms with Crippen LogP contribution in [-0.4, -0.2) is 18.6 Å². The van der Waals surface area contributed by atoms with E-state index in [1.807, 2.05) is 12.1 Å². The van der Waals surface area contributed by atoms with Crippen molar-refractivity contribution < 1.29 is 14.3 Å². The van der Waals surface area contributed by atoms with Crippen molar-refractivity contribution in [3.63, 3.8) is 0 Å². The van der Waals surface area contributed by atoms with E-state index in [2.05, 4.69) is 12.2 Å². The van der Waals surface area contributed by atoms with Gasteiger partial charge in [-0.15, -0.1) is 0 Å². The standard InChI is InChI=1S/C21H25Cl2NO3/c1-3-4-5-6-13-26-18-10-8-17(9-11-18)24-21(25)15(2)27-20-12-7-16(22)14-19(20)23/h7-12,14-15H,3-6,13H2,1-2H3,(H,24,25)/t15-/m1/s1. The van der Waals surface area contributed by atoms with E-state index in [-0.39, 0.29) is 5.91 Å². The molecule has 0 aromatic heterocycles. The number of halogens is 2. The van der Waals surface area contributed by atoms with Crippen molar-refractivity contribution in [1.29, 1.82) is 0 Å². The van der Waals surface area contributed by atoms with Gasteiger partial charge in [0.2, 0.25) is 0 Å². The van der Waals surface area contributed by atoms with E-state index in [1.165, 1.54) is 19.3 Å². The summed E-state index contributed by atoms with van der Waals surface area (Å²) >= 11 is 11.9. The lowest BCUT2D eigenvalue weighted by Gasteiger charge is -2.16. The van der Waals surface area contributed by atoms with Gasteiger partial charge in [0.25, 0.3) is 5.91 Å². The van der Waals surface area contributed by atoms with Crippen molar-refractivity contribution >= 4 is 34.8 Å². The van der Waals surface area contributed by atoms with Crippen molar-refractivity contribution in [1.82, 2.24) is 0 Å². The van der Waals surface area contributed by atoms with E-state index < -0.39 is 6.10 Å². The van der Waals surface area contributed by atoms with Gasteiger partial charge < -0.3 is 14.8 Å². The van der Waals surface area contributed by atoms with Gasteiger partial charge in [0.1, 0.15) is 11.5 Å². The molecule has 0 aliphatic heterocycles. The molecule has 2 rings (SSSR count). The van der Waals surface area contributed by atoms with Gasteiger partial charge in [-0.05, 0) is 55.8 Å². The number of hydrogen-bond donors (Lipinski definition) is 1. The molecule has 1 N–H and O–H groups in total. The fourth-order valence-corrected chi connectivity index (χ4v) is 2.87. The minimum Gasteiger partial charge on any atom is -0.494 e. The lowest BCUT2D eigenvalue weighted by atomic mass is 10.2. The van der Waals surface area contributed by atoms with Gasteiger partial charge in [0.15, 0.2) is 6.10 Å². The summed E-state index contributed by atoms with van der Waals surface area (Å²) < 4.78 is 11.3. The number of hydrogen-bond acceptors (Lipinski definition) is 3. The Morgan fingerprint density at radius 1 is 1.07 bits per heavy atom. The number of carbonyl (C=O) groups is 1. The minimum atomic E-state index is -0.710. The molecule has 1 amide bonds. The molecule has 0 unspecified atom stereocenters. The van der Waals surface area contributed by atoms with Crippen LogP contribution in [-0.2, 0) is 4.79 Å². The van der Waals surface area contributed by atoms with Gasteiger partial charge in [-0.25, -0.2) is 0 Å². The van der Waals surface area contributed by atoms with Gasteiger partial charge in [0, 0.05) is 10.7 Å². The molecule has 1 atom stereocenters. The number of ether oxygens (including phenoxy) is 2. The average molecular weight is 410 g/mol. The summed E-state index contributed by atoms with van der Waals surface area (Å²) in [5.74, 6) is 0.937. The minimum absolute atomic E-state index is 0.269. The number of nitrogens with one attached hydrogen (secondary N) is 1. The van der Waals surface area contributed by atoms with Crippen LogP contribution in [0.1, 0.15) is 39.5 Å². The Hall–Kier alpha value is -1.91. The SMILES string of the molecule is CCCCCCOc1ccc(NC(=O)[C@@H](C)Oc2ccc(Cl)cc2Cl)cc1. The molecule has 0 bridgehead atoms. The van der Waals surface area contributed by atoms with E-state index in [1.54, 1.807) is 37.3 Å². The number of amides is 1. The number of carbonyl (C=O) groups excluding carboxylic acids is 1. The summed E-state index contributed by atoms with van der Waals surface area (Å²) in [7, 11) is 0. The predicted molar refractivity (Wildman–Crippen MR) is 111 cm³/mol. The Morgan fingerprint density at radius 2 is 1.81 bits per heavy atom. The van der Waals surface area contributed by atoms with E-state index in [0.29, 0.717) is 28.1 Å². The average Bonchev–Trinajstić information content (AvgIpc) is 2.65. The smallest absolute Gasteiger partial charge is 0.265 e. The first-order valence-corrected chi connectivity index (χ1v) is 9.90. The van der Waals surface area contributed by atoms with Gasteiger partial charge in [-0.1, -0.05) is 49.4 Å². The summed E-state index contributed by atoms with van der Waals surface area (Å²) in [5.41, 5.74) is 0.677. The molecule has 0 aliphatic rings. The van der Waals surface area contributed by atoms with Gasteiger partial charge in [-0.3, -0.25) is 4.79 Å². The normalized spacial score (nSPS) is 11.7. The maximum Gasteiger partial charge on any atom is 0.265 e. The molecule has 2 aromatic rings. The number of unbranched alkanes of at least 4 members (excludes halogenated alkanes) is 3. The molecule has 0 saturated carbocycles. The van der Waals surface area contributed by atoms with Crippen LogP contribution >= 0.6 is 23.2 Å². The van der Waals surface area contributed by atoms with Crippen LogP contribution in [0.5, 0.6) is 11.5 Å². The highest BCUT2D eigenvalue weighted by molar-refractivity contribution is 6.35. The molecular weight excluding hydrogens is 385 g/mol. The van der Waals surface area contributed by atoms with E-state index in [0.717, 1.165) is 12.2 Å². The van der Waals surface area contributed by atoms with Crippen LogP contribution in [0.15, 0.2) is 42.5 Å². The highest BCUT2D eigenvalue weighted by atomic mass is 35.5. The van der Waals surface area contributed by atoms with Crippen LogP contribution in [0.25, 0.3) is 0 Å². The lowest BCUT2D eigenvalue weighted by molar-refractivity contribution is -0.122. The van der Waals surface area contributed by atoms with Crippen LogP contribution in [0.4, 0.5) is 5.69 Å². The fraction of sp³-hybridized carbons (Fsp3) is 0.381.